The number of methoxy groups -OCH3 is 1. The summed E-state index contributed by atoms with van der Waals surface area (Å²) in [5.74, 6) is 1.23. The van der Waals surface area contributed by atoms with Gasteiger partial charge in [0.1, 0.15) is 11.6 Å². The number of carbonyl (C=O) groups is 1. The molecule has 2 atom stereocenters. The molecule has 0 radical (unpaired) electrons. The molecule has 0 aliphatic carbocycles. The molecular weight excluding hydrogens is 375 g/mol. The van der Waals surface area contributed by atoms with Gasteiger partial charge in [-0.05, 0) is 35.7 Å². The topological polar surface area (TPSA) is 76.1 Å². The van der Waals surface area contributed by atoms with Crippen LogP contribution in [0.2, 0.25) is 0 Å². The zero-order valence-corrected chi connectivity index (χ0v) is 16.8. The number of hydrogen-bond acceptors (Lipinski definition) is 5. The predicted molar refractivity (Wildman–Crippen MR) is 107 cm³/mol. The lowest BCUT2D eigenvalue weighted by molar-refractivity contribution is -0.145. The van der Waals surface area contributed by atoms with Gasteiger partial charge in [-0.1, -0.05) is 13.0 Å². The van der Waals surface area contributed by atoms with Gasteiger partial charge in [-0.15, -0.1) is 0 Å². The summed E-state index contributed by atoms with van der Waals surface area (Å²) >= 11 is 0. The summed E-state index contributed by atoms with van der Waals surface area (Å²) in [6.07, 6.45) is 1.71. The molecule has 0 spiro atoms. The van der Waals surface area contributed by atoms with Gasteiger partial charge in [0.25, 0.3) is 0 Å². The third kappa shape index (κ3) is 5.22. The molecule has 1 aromatic heterocycles. The van der Waals surface area contributed by atoms with Gasteiger partial charge in [0.05, 0.1) is 13.0 Å². The summed E-state index contributed by atoms with van der Waals surface area (Å²) in [6, 6.07) is 9.43. The van der Waals surface area contributed by atoms with Crippen molar-refractivity contribution in [1.82, 2.24) is 15.2 Å². The first kappa shape index (κ1) is 20.6. The summed E-state index contributed by atoms with van der Waals surface area (Å²) in [4.78, 5) is 22.6. The molecule has 1 N–H and O–H groups in total. The van der Waals surface area contributed by atoms with Crippen LogP contribution in [-0.4, -0.2) is 49.1 Å². The Morgan fingerprint density at radius 2 is 2.03 bits per heavy atom. The zero-order valence-electron chi connectivity index (χ0n) is 16.8. The van der Waals surface area contributed by atoms with Crippen LogP contribution in [0.4, 0.5) is 4.39 Å². The molecular formula is C21H25FN4O3. The number of aliphatic imine (C=N–C) groups is 1. The summed E-state index contributed by atoms with van der Waals surface area (Å²) < 4.78 is 23.4. The molecule has 2 unspecified atom stereocenters. The third-order valence-corrected chi connectivity index (χ3v) is 4.91. The number of benzene rings is 1. The average molecular weight is 400 g/mol. The highest BCUT2D eigenvalue weighted by atomic mass is 19.1. The van der Waals surface area contributed by atoms with Gasteiger partial charge in [0, 0.05) is 38.9 Å². The lowest BCUT2D eigenvalue weighted by Gasteiger charge is -2.21. The molecule has 29 heavy (non-hydrogen) atoms. The van der Waals surface area contributed by atoms with Crippen molar-refractivity contribution in [3.05, 3.63) is 54.0 Å². The van der Waals surface area contributed by atoms with Crippen LogP contribution >= 0.6 is 0 Å². The number of guanidine groups is 1. The van der Waals surface area contributed by atoms with E-state index < -0.39 is 0 Å². The predicted octanol–water partition coefficient (Wildman–Crippen LogP) is 2.83. The summed E-state index contributed by atoms with van der Waals surface area (Å²) in [6.45, 7) is 3.89. The van der Waals surface area contributed by atoms with E-state index in [1.54, 1.807) is 31.4 Å². The van der Waals surface area contributed by atoms with Gasteiger partial charge < -0.3 is 19.7 Å². The fourth-order valence-corrected chi connectivity index (χ4v) is 3.31. The Hall–Kier alpha value is -3.16. The van der Waals surface area contributed by atoms with Gasteiger partial charge in [0.2, 0.25) is 5.88 Å². The van der Waals surface area contributed by atoms with E-state index in [1.807, 2.05) is 13.0 Å². The maximum absolute atomic E-state index is 13.0. The van der Waals surface area contributed by atoms with Crippen LogP contribution in [0.1, 0.15) is 12.5 Å². The van der Waals surface area contributed by atoms with Crippen molar-refractivity contribution in [2.24, 2.45) is 16.8 Å². The fraction of sp³-hybridized carbons (Fsp3) is 0.381. The van der Waals surface area contributed by atoms with Crippen LogP contribution in [0.3, 0.4) is 0 Å². The molecule has 154 valence electrons. The number of likely N-dealkylation sites (tertiary alicyclic amines) is 1. The van der Waals surface area contributed by atoms with E-state index in [-0.39, 0.29) is 23.6 Å². The van der Waals surface area contributed by atoms with Gasteiger partial charge in [-0.3, -0.25) is 9.79 Å². The SMILES string of the molecule is CN=C(NCc1ccc(Oc2ccc(F)cc2)nc1)N1CC(C)C(C(=O)OC)C1. The second-order valence-corrected chi connectivity index (χ2v) is 6.97. The minimum atomic E-state index is -0.314. The molecule has 7 nitrogen and oxygen atoms in total. The van der Waals surface area contributed by atoms with Crippen molar-refractivity contribution >= 4 is 11.9 Å². The highest BCUT2D eigenvalue weighted by Gasteiger charge is 2.36. The Kier molecular flexibility index (Phi) is 6.64. The highest BCUT2D eigenvalue weighted by Crippen LogP contribution is 2.24. The molecule has 1 aromatic carbocycles. The minimum Gasteiger partial charge on any atom is -0.469 e. The number of pyridine rings is 1. The number of nitrogens with zero attached hydrogens (tertiary/aromatic N) is 3. The zero-order chi connectivity index (χ0) is 20.8. The lowest BCUT2D eigenvalue weighted by Crippen LogP contribution is -2.40. The van der Waals surface area contributed by atoms with E-state index in [9.17, 15) is 9.18 Å². The number of nitrogens with one attached hydrogen (secondary N) is 1. The molecule has 1 aliphatic rings. The summed E-state index contributed by atoms with van der Waals surface area (Å²) in [5, 5.41) is 3.30. The average Bonchev–Trinajstić information content (AvgIpc) is 3.12. The van der Waals surface area contributed by atoms with E-state index in [0.29, 0.717) is 24.7 Å². The first-order chi connectivity index (χ1) is 14.0. The molecule has 2 heterocycles. The largest absolute Gasteiger partial charge is 0.469 e. The third-order valence-electron chi connectivity index (χ3n) is 4.91. The minimum absolute atomic E-state index is 0.150. The van der Waals surface area contributed by atoms with Crippen LogP contribution < -0.4 is 10.1 Å². The Morgan fingerprint density at radius 1 is 1.28 bits per heavy atom. The van der Waals surface area contributed by atoms with E-state index in [4.69, 9.17) is 9.47 Å². The monoisotopic (exact) mass is 400 g/mol. The Morgan fingerprint density at radius 3 is 2.66 bits per heavy atom. The van der Waals surface area contributed by atoms with Crippen LogP contribution in [0.5, 0.6) is 11.6 Å². The van der Waals surface area contributed by atoms with Gasteiger partial charge in [0.15, 0.2) is 5.96 Å². The molecule has 1 saturated heterocycles. The molecule has 8 heteroatoms. The van der Waals surface area contributed by atoms with Crippen molar-refractivity contribution in [3.8, 4) is 11.6 Å². The molecule has 3 rings (SSSR count). The number of rotatable bonds is 5. The Bertz CT molecular complexity index is 855. The number of hydrogen-bond donors (Lipinski definition) is 1. The molecule has 1 fully saturated rings. The summed E-state index contributed by atoms with van der Waals surface area (Å²) in [5.41, 5.74) is 0.953. The standard InChI is InChI=1S/C21H25FN4O3/c1-14-12-26(13-18(14)20(27)28-3)21(23-2)25-11-15-4-9-19(24-10-15)29-17-7-5-16(22)6-8-17/h4-10,14,18H,11-13H2,1-3H3,(H,23,25). The number of halogens is 1. The van der Waals surface area contributed by atoms with Crippen molar-refractivity contribution in [2.45, 2.75) is 13.5 Å². The molecule has 2 aromatic rings. The van der Waals surface area contributed by atoms with E-state index in [0.717, 1.165) is 18.1 Å². The Balaban J connectivity index is 1.55. The first-order valence-electron chi connectivity index (χ1n) is 9.42. The van der Waals surface area contributed by atoms with E-state index >= 15 is 0 Å². The van der Waals surface area contributed by atoms with Crippen LogP contribution in [0, 0.1) is 17.7 Å². The number of carbonyl (C=O) groups excluding carboxylic acids is 1. The number of ether oxygens (including phenoxy) is 2. The van der Waals surface area contributed by atoms with Crippen molar-refractivity contribution in [2.75, 3.05) is 27.2 Å². The smallest absolute Gasteiger partial charge is 0.310 e. The van der Waals surface area contributed by atoms with Gasteiger partial charge >= 0.3 is 5.97 Å². The number of esters is 1. The van der Waals surface area contributed by atoms with Crippen molar-refractivity contribution < 1.29 is 18.7 Å². The van der Waals surface area contributed by atoms with E-state index in [2.05, 4.69) is 20.2 Å². The van der Waals surface area contributed by atoms with Crippen LogP contribution in [0.25, 0.3) is 0 Å². The van der Waals surface area contributed by atoms with Crippen LogP contribution in [-0.2, 0) is 16.1 Å². The Labute approximate surface area is 169 Å². The maximum atomic E-state index is 13.0. The van der Waals surface area contributed by atoms with E-state index in [1.165, 1.54) is 19.2 Å². The fourth-order valence-electron chi connectivity index (χ4n) is 3.31. The molecule has 0 bridgehead atoms. The molecule has 0 amide bonds. The quantitative estimate of drug-likeness (QED) is 0.473. The van der Waals surface area contributed by atoms with Crippen molar-refractivity contribution in [3.63, 3.8) is 0 Å². The highest BCUT2D eigenvalue weighted by molar-refractivity contribution is 5.82. The van der Waals surface area contributed by atoms with Crippen LogP contribution in [0.15, 0.2) is 47.6 Å². The normalized spacial score (nSPS) is 19.2. The molecule has 0 saturated carbocycles. The summed E-state index contributed by atoms with van der Waals surface area (Å²) in [7, 11) is 3.14. The van der Waals surface area contributed by atoms with Gasteiger partial charge in [-0.25, -0.2) is 9.37 Å². The van der Waals surface area contributed by atoms with Gasteiger partial charge in [-0.2, -0.15) is 0 Å². The maximum Gasteiger partial charge on any atom is 0.310 e. The second-order valence-electron chi connectivity index (χ2n) is 6.97. The molecule has 1 aliphatic heterocycles. The second kappa shape index (κ2) is 9.36. The van der Waals surface area contributed by atoms with Crippen molar-refractivity contribution in [1.29, 1.82) is 0 Å². The lowest BCUT2D eigenvalue weighted by atomic mass is 9.99. The number of aromatic nitrogens is 1. The first-order valence-corrected chi connectivity index (χ1v) is 9.42.